The number of benzene rings is 2. The van der Waals surface area contributed by atoms with E-state index in [2.05, 4.69) is 15.3 Å². The number of alkyl halides is 3. The number of aromatic nitrogens is 2. The minimum Gasteiger partial charge on any atom is -0.496 e. The Morgan fingerprint density at radius 1 is 1.23 bits per heavy atom. The minimum atomic E-state index is -4.75. The van der Waals surface area contributed by atoms with Crippen LogP contribution in [-0.2, 0) is 15.7 Å². The van der Waals surface area contributed by atoms with Gasteiger partial charge < -0.3 is 14.8 Å². The van der Waals surface area contributed by atoms with Crippen LogP contribution in [0, 0.1) is 23.0 Å². The number of nitrogens with one attached hydrogen (secondary N) is 1. The van der Waals surface area contributed by atoms with E-state index in [4.69, 9.17) is 9.47 Å². The van der Waals surface area contributed by atoms with Crippen molar-refractivity contribution in [2.75, 3.05) is 19.0 Å². The Bertz CT molecular complexity index is 1490. The maximum atomic E-state index is 13.5. The molecular formula is C28H29F3N4O5. The Hall–Kier alpha value is -4.22. The van der Waals surface area contributed by atoms with Gasteiger partial charge in [-0.05, 0) is 63.3 Å². The number of allylic oxidation sites excluding steroid dienone is 2. The van der Waals surface area contributed by atoms with Crippen molar-refractivity contribution in [2.45, 2.75) is 52.3 Å². The Morgan fingerprint density at radius 2 is 1.98 bits per heavy atom. The molecule has 9 nitrogen and oxygen atoms in total. The van der Waals surface area contributed by atoms with Crippen LogP contribution in [0.3, 0.4) is 0 Å². The van der Waals surface area contributed by atoms with Crippen molar-refractivity contribution in [3.05, 3.63) is 69.0 Å². The summed E-state index contributed by atoms with van der Waals surface area (Å²) in [5.74, 6) is 0.929. The van der Waals surface area contributed by atoms with E-state index >= 15 is 0 Å². The summed E-state index contributed by atoms with van der Waals surface area (Å²) < 4.78 is 51.2. The summed E-state index contributed by atoms with van der Waals surface area (Å²) in [5.41, 5.74) is 0.645. The van der Waals surface area contributed by atoms with Gasteiger partial charge >= 0.3 is 12.1 Å². The van der Waals surface area contributed by atoms with Gasteiger partial charge in [0.05, 0.1) is 41.7 Å². The van der Waals surface area contributed by atoms with Crippen molar-refractivity contribution in [3.63, 3.8) is 0 Å². The lowest BCUT2D eigenvalue weighted by molar-refractivity contribution is -0.385. The van der Waals surface area contributed by atoms with Gasteiger partial charge in [-0.2, -0.15) is 13.2 Å². The zero-order valence-corrected chi connectivity index (χ0v) is 22.5. The van der Waals surface area contributed by atoms with Crippen LogP contribution >= 0.6 is 0 Å². The number of methoxy groups -OCH3 is 1. The average molecular weight is 559 g/mol. The molecule has 2 aromatic carbocycles. The fraction of sp³-hybridized carbons (Fsp3) is 0.393. The highest BCUT2D eigenvalue weighted by Crippen LogP contribution is 2.40. The SMILES string of the molecule is CCOC(=O)C1CC=C(c2cc3c(N[C@H](C)c4cc([N+](=O)[O-])cc(C(F)(F)F)c4)nc(C)nc3cc2OC)CC1. The molecule has 1 N–H and O–H groups in total. The van der Waals surface area contributed by atoms with Crippen LogP contribution < -0.4 is 10.1 Å². The van der Waals surface area contributed by atoms with Crippen LogP contribution in [0.25, 0.3) is 16.5 Å². The molecule has 12 heteroatoms. The number of hydrogen-bond donors (Lipinski definition) is 1. The molecule has 3 aromatic rings. The highest BCUT2D eigenvalue weighted by molar-refractivity contribution is 5.94. The first-order valence-electron chi connectivity index (χ1n) is 12.8. The third kappa shape index (κ3) is 6.16. The van der Waals surface area contributed by atoms with E-state index in [0.717, 1.165) is 23.3 Å². The molecular weight excluding hydrogens is 529 g/mol. The zero-order valence-electron chi connectivity index (χ0n) is 22.5. The van der Waals surface area contributed by atoms with Crippen molar-refractivity contribution in [2.24, 2.45) is 5.92 Å². The number of nitro benzene ring substituents is 1. The molecule has 0 bridgehead atoms. The molecule has 2 atom stereocenters. The summed E-state index contributed by atoms with van der Waals surface area (Å²) in [6, 6.07) is 5.38. The number of fused-ring (bicyclic) bond motifs is 1. The van der Waals surface area contributed by atoms with Crippen LogP contribution in [0.5, 0.6) is 5.75 Å². The molecule has 0 aliphatic heterocycles. The second-order valence-corrected chi connectivity index (χ2v) is 9.58. The molecule has 0 amide bonds. The number of hydrogen-bond acceptors (Lipinski definition) is 8. The van der Waals surface area contributed by atoms with Gasteiger partial charge in [-0.25, -0.2) is 9.97 Å². The fourth-order valence-electron chi connectivity index (χ4n) is 4.80. The van der Waals surface area contributed by atoms with Crippen LogP contribution in [-0.4, -0.2) is 34.6 Å². The number of rotatable bonds is 8. The van der Waals surface area contributed by atoms with Crippen molar-refractivity contribution in [1.29, 1.82) is 0 Å². The van der Waals surface area contributed by atoms with E-state index in [0.29, 0.717) is 60.2 Å². The van der Waals surface area contributed by atoms with Gasteiger partial charge in [0.1, 0.15) is 17.4 Å². The maximum absolute atomic E-state index is 13.5. The van der Waals surface area contributed by atoms with Crippen LogP contribution in [0.1, 0.15) is 61.7 Å². The number of anilines is 1. The van der Waals surface area contributed by atoms with Crippen molar-refractivity contribution in [3.8, 4) is 5.75 Å². The third-order valence-electron chi connectivity index (χ3n) is 6.84. The molecule has 4 rings (SSSR count). The van der Waals surface area contributed by atoms with E-state index in [9.17, 15) is 28.1 Å². The Balaban J connectivity index is 1.73. The fourth-order valence-corrected chi connectivity index (χ4v) is 4.80. The van der Waals surface area contributed by atoms with E-state index in [-0.39, 0.29) is 17.5 Å². The Morgan fingerprint density at radius 3 is 2.58 bits per heavy atom. The number of esters is 1. The molecule has 0 saturated heterocycles. The molecule has 1 aliphatic rings. The monoisotopic (exact) mass is 558 g/mol. The number of carbonyl (C=O) groups is 1. The maximum Gasteiger partial charge on any atom is 0.416 e. The zero-order chi connectivity index (χ0) is 29.2. The smallest absolute Gasteiger partial charge is 0.416 e. The molecule has 0 radical (unpaired) electrons. The van der Waals surface area contributed by atoms with Crippen molar-refractivity contribution >= 4 is 34.0 Å². The van der Waals surface area contributed by atoms with Crippen LogP contribution in [0.4, 0.5) is 24.7 Å². The normalized spacial score (nSPS) is 16.3. The lowest BCUT2D eigenvalue weighted by Gasteiger charge is -2.23. The van der Waals surface area contributed by atoms with Gasteiger partial charge in [0.25, 0.3) is 5.69 Å². The summed E-state index contributed by atoms with van der Waals surface area (Å²) in [6.07, 6.45) is -1.00. The molecule has 1 aromatic heterocycles. The standard InChI is InChI=1S/C28H29F3N4O5/c1-5-40-27(36)18-8-6-17(7-9-18)22-13-23-24(14-25(22)39-4)33-16(3)34-26(23)32-15(2)19-10-20(28(29,30)31)12-21(11-19)35(37)38/h6,10-15,18H,5,7-9H2,1-4H3,(H,32,33,34)/t15-,18?/m1/s1. The third-order valence-corrected chi connectivity index (χ3v) is 6.84. The minimum absolute atomic E-state index is 0.0830. The summed E-state index contributed by atoms with van der Waals surface area (Å²) in [4.78, 5) is 31.6. The molecule has 212 valence electrons. The number of nitro groups is 1. The highest BCUT2D eigenvalue weighted by Gasteiger charge is 2.33. The topological polar surface area (TPSA) is 116 Å². The number of nitrogens with zero attached hydrogens (tertiary/aromatic N) is 3. The first-order chi connectivity index (χ1) is 18.9. The first-order valence-corrected chi connectivity index (χ1v) is 12.8. The average Bonchev–Trinajstić information content (AvgIpc) is 2.91. The lowest BCUT2D eigenvalue weighted by atomic mass is 9.86. The predicted octanol–water partition coefficient (Wildman–Crippen LogP) is 6.79. The summed E-state index contributed by atoms with van der Waals surface area (Å²) >= 11 is 0. The predicted molar refractivity (Wildman–Crippen MR) is 143 cm³/mol. The van der Waals surface area contributed by atoms with E-state index in [1.54, 1.807) is 33.9 Å². The van der Waals surface area contributed by atoms with Gasteiger partial charge in [0.15, 0.2) is 0 Å². The largest absolute Gasteiger partial charge is 0.496 e. The number of aryl methyl sites for hydroxylation is 1. The second-order valence-electron chi connectivity index (χ2n) is 9.58. The second kappa shape index (κ2) is 11.5. The highest BCUT2D eigenvalue weighted by atomic mass is 19.4. The molecule has 1 unspecified atom stereocenters. The van der Waals surface area contributed by atoms with E-state index < -0.39 is 28.4 Å². The van der Waals surface area contributed by atoms with E-state index in [1.165, 1.54) is 0 Å². The number of ether oxygens (including phenoxy) is 2. The molecule has 1 aliphatic carbocycles. The molecule has 0 spiro atoms. The quantitative estimate of drug-likeness (QED) is 0.182. The molecule has 1 heterocycles. The summed E-state index contributed by atoms with van der Waals surface area (Å²) in [7, 11) is 1.55. The Labute approximate surface area is 228 Å². The van der Waals surface area contributed by atoms with Gasteiger partial charge in [-0.3, -0.25) is 14.9 Å². The number of carbonyl (C=O) groups excluding carboxylic acids is 1. The van der Waals surface area contributed by atoms with Gasteiger partial charge in [-0.1, -0.05) is 6.08 Å². The van der Waals surface area contributed by atoms with Crippen molar-refractivity contribution < 1.29 is 32.4 Å². The van der Waals surface area contributed by atoms with Crippen molar-refractivity contribution in [1.82, 2.24) is 9.97 Å². The molecule has 40 heavy (non-hydrogen) atoms. The van der Waals surface area contributed by atoms with Gasteiger partial charge in [0.2, 0.25) is 0 Å². The van der Waals surface area contributed by atoms with Gasteiger partial charge in [-0.15, -0.1) is 0 Å². The number of non-ortho nitro benzene ring substituents is 1. The summed E-state index contributed by atoms with van der Waals surface area (Å²) in [5, 5.41) is 15.1. The molecule has 0 saturated carbocycles. The van der Waals surface area contributed by atoms with E-state index in [1.807, 2.05) is 12.1 Å². The summed E-state index contributed by atoms with van der Waals surface area (Å²) in [6.45, 7) is 5.38. The lowest BCUT2D eigenvalue weighted by Crippen LogP contribution is -2.19. The number of halogens is 3. The van der Waals surface area contributed by atoms with Crippen LogP contribution in [0.2, 0.25) is 0 Å². The molecule has 0 fully saturated rings. The van der Waals surface area contributed by atoms with Gasteiger partial charge in [0, 0.05) is 29.1 Å². The van der Waals surface area contributed by atoms with Crippen LogP contribution in [0.15, 0.2) is 36.4 Å². The Kier molecular flexibility index (Phi) is 8.26. The first kappa shape index (κ1) is 28.8.